The molecule has 0 saturated carbocycles. The minimum Gasteiger partial charge on any atom is -0.475 e. The van der Waals surface area contributed by atoms with Crippen molar-refractivity contribution in [3.05, 3.63) is 23.2 Å². The molecule has 8 nitrogen and oxygen atoms in total. The third-order valence-electron chi connectivity index (χ3n) is 2.97. The molecule has 0 spiro atoms. The number of fused-ring (bicyclic) bond motifs is 3. The smallest absolute Gasteiger partial charge is 0.475 e. The summed E-state index contributed by atoms with van der Waals surface area (Å²) in [6, 6.07) is 5.35. The Morgan fingerprint density at radius 3 is 2.58 bits per heavy atom. The highest BCUT2D eigenvalue weighted by Gasteiger charge is 2.38. The van der Waals surface area contributed by atoms with E-state index in [1.54, 1.807) is 18.2 Å². The number of anilines is 2. The maximum absolute atomic E-state index is 10.6. The van der Waals surface area contributed by atoms with Gasteiger partial charge in [0.1, 0.15) is 11.1 Å². The Balaban J connectivity index is 0.000000298. The molecule has 0 atom stereocenters. The van der Waals surface area contributed by atoms with Gasteiger partial charge in [-0.3, -0.25) is 0 Å². The van der Waals surface area contributed by atoms with Crippen LogP contribution in [-0.4, -0.2) is 40.3 Å². The molecule has 0 aliphatic rings. The van der Waals surface area contributed by atoms with Gasteiger partial charge in [-0.1, -0.05) is 11.6 Å². The Bertz CT molecular complexity index is 945. The van der Waals surface area contributed by atoms with Crippen LogP contribution in [0.2, 0.25) is 5.02 Å². The number of carboxylic acid groups (broad SMARTS) is 1. The molecule has 0 amide bonds. The molecule has 26 heavy (non-hydrogen) atoms. The van der Waals surface area contributed by atoms with Crippen molar-refractivity contribution in [2.24, 2.45) is 5.73 Å². The van der Waals surface area contributed by atoms with Crippen LogP contribution in [0.4, 0.5) is 24.9 Å². The number of halogens is 4. The molecule has 6 N–H and O–H groups in total. The Hall–Kier alpha value is -2.79. The number of alkyl halides is 3. The second-order valence-electron chi connectivity index (χ2n) is 4.87. The van der Waals surface area contributed by atoms with Gasteiger partial charge in [0.15, 0.2) is 11.4 Å². The van der Waals surface area contributed by atoms with E-state index in [-0.39, 0.29) is 5.95 Å². The van der Waals surface area contributed by atoms with Crippen molar-refractivity contribution in [1.82, 2.24) is 9.97 Å². The molecule has 0 saturated heterocycles. The highest BCUT2D eigenvalue weighted by atomic mass is 35.5. The van der Waals surface area contributed by atoms with Crippen LogP contribution in [0.3, 0.4) is 0 Å². The summed E-state index contributed by atoms with van der Waals surface area (Å²) >= 11 is 5.99. The van der Waals surface area contributed by atoms with E-state index < -0.39 is 12.1 Å². The van der Waals surface area contributed by atoms with E-state index in [9.17, 15) is 13.2 Å². The van der Waals surface area contributed by atoms with E-state index in [4.69, 9.17) is 37.4 Å². The molecule has 3 aromatic rings. The number of furan rings is 1. The number of hydrogen-bond acceptors (Lipinski definition) is 7. The molecule has 2 heterocycles. The van der Waals surface area contributed by atoms with Crippen LogP contribution in [0.5, 0.6) is 0 Å². The van der Waals surface area contributed by atoms with Crippen molar-refractivity contribution >= 4 is 51.4 Å². The van der Waals surface area contributed by atoms with Gasteiger partial charge in [-0.05, 0) is 18.2 Å². The fraction of sp³-hybridized carbons (Fsp3) is 0.214. The predicted octanol–water partition coefficient (Wildman–Crippen LogP) is 2.62. The average Bonchev–Trinajstić information content (AvgIpc) is 2.90. The van der Waals surface area contributed by atoms with Gasteiger partial charge in [0.2, 0.25) is 5.95 Å². The second kappa shape index (κ2) is 7.62. The molecule has 3 rings (SSSR count). The minimum atomic E-state index is -5.08. The Morgan fingerprint density at radius 2 is 2.00 bits per heavy atom. The fourth-order valence-corrected chi connectivity index (χ4v) is 2.12. The Morgan fingerprint density at radius 1 is 1.35 bits per heavy atom. The van der Waals surface area contributed by atoms with Gasteiger partial charge in [0.05, 0.1) is 0 Å². The van der Waals surface area contributed by atoms with Gasteiger partial charge in [0, 0.05) is 23.5 Å². The normalized spacial score (nSPS) is 11.3. The average molecular weight is 392 g/mol. The van der Waals surface area contributed by atoms with Crippen LogP contribution in [0, 0.1) is 0 Å². The lowest BCUT2D eigenvalue weighted by atomic mass is 10.2. The summed E-state index contributed by atoms with van der Waals surface area (Å²) in [4.78, 5) is 17.2. The molecular weight excluding hydrogens is 379 g/mol. The van der Waals surface area contributed by atoms with E-state index in [0.29, 0.717) is 40.6 Å². The summed E-state index contributed by atoms with van der Waals surface area (Å²) in [5.74, 6) is -2.04. The standard InChI is InChI=1S/C12H12ClN5O.C2HF3O2/c13-6-1-2-8-7(5-6)9-10(19-8)11(16-4-3-14)18-12(15)17-9;3-2(4,5)1(6)7/h1-2,5H,3-4,14H2,(H3,15,16,17,18);(H,6,7). The fourth-order valence-electron chi connectivity index (χ4n) is 1.94. The predicted molar refractivity (Wildman–Crippen MR) is 90.0 cm³/mol. The molecule has 0 bridgehead atoms. The first-order valence-corrected chi connectivity index (χ1v) is 7.40. The second-order valence-corrected chi connectivity index (χ2v) is 5.31. The minimum absolute atomic E-state index is 0.176. The van der Waals surface area contributed by atoms with Gasteiger partial charge >= 0.3 is 12.1 Å². The quantitative estimate of drug-likeness (QED) is 0.534. The lowest BCUT2D eigenvalue weighted by molar-refractivity contribution is -0.192. The summed E-state index contributed by atoms with van der Waals surface area (Å²) in [6.07, 6.45) is -5.08. The van der Waals surface area contributed by atoms with Crippen molar-refractivity contribution in [3.63, 3.8) is 0 Å². The number of nitrogens with zero attached hydrogens (tertiary/aromatic N) is 2. The Kier molecular flexibility index (Phi) is 5.73. The highest BCUT2D eigenvalue weighted by molar-refractivity contribution is 6.31. The van der Waals surface area contributed by atoms with Crippen molar-refractivity contribution in [3.8, 4) is 0 Å². The molecule has 0 radical (unpaired) electrons. The molecule has 0 fully saturated rings. The maximum Gasteiger partial charge on any atom is 0.490 e. The van der Waals surface area contributed by atoms with Crippen LogP contribution in [0.1, 0.15) is 0 Å². The van der Waals surface area contributed by atoms with Gasteiger partial charge in [0.25, 0.3) is 0 Å². The zero-order valence-corrected chi connectivity index (χ0v) is 13.7. The highest BCUT2D eigenvalue weighted by Crippen LogP contribution is 2.33. The van der Waals surface area contributed by atoms with Crippen LogP contribution in [0.25, 0.3) is 22.1 Å². The molecular formula is C14H13ClF3N5O3. The SMILES string of the molecule is NCCNc1nc(N)nc2c1oc1ccc(Cl)cc12.O=C(O)C(F)(F)F. The first-order chi connectivity index (χ1) is 12.1. The topological polar surface area (TPSA) is 140 Å². The third kappa shape index (κ3) is 4.43. The maximum atomic E-state index is 10.6. The van der Waals surface area contributed by atoms with Crippen LogP contribution in [-0.2, 0) is 4.79 Å². The monoisotopic (exact) mass is 391 g/mol. The summed E-state index contributed by atoms with van der Waals surface area (Å²) in [6.45, 7) is 1.06. The van der Waals surface area contributed by atoms with Crippen molar-refractivity contribution in [1.29, 1.82) is 0 Å². The molecule has 12 heteroatoms. The first-order valence-electron chi connectivity index (χ1n) is 7.02. The van der Waals surface area contributed by atoms with E-state index in [2.05, 4.69) is 15.3 Å². The number of aliphatic carboxylic acids is 1. The summed E-state index contributed by atoms with van der Waals surface area (Å²) < 4.78 is 37.5. The van der Waals surface area contributed by atoms with Gasteiger partial charge in [-0.15, -0.1) is 0 Å². The number of aromatic nitrogens is 2. The van der Waals surface area contributed by atoms with Crippen molar-refractivity contribution in [2.45, 2.75) is 6.18 Å². The number of nitrogen functional groups attached to an aromatic ring is 1. The van der Waals surface area contributed by atoms with Crippen molar-refractivity contribution < 1.29 is 27.5 Å². The zero-order valence-electron chi connectivity index (χ0n) is 13.0. The van der Waals surface area contributed by atoms with Crippen LogP contribution in [0.15, 0.2) is 22.6 Å². The summed E-state index contributed by atoms with van der Waals surface area (Å²) in [5, 5.41) is 11.6. The van der Waals surface area contributed by atoms with E-state index in [0.717, 1.165) is 5.39 Å². The molecule has 0 aliphatic heterocycles. The summed E-state index contributed by atoms with van der Waals surface area (Å²) in [5.41, 5.74) is 13.1. The van der Waals surface area contributed by atoms with Gasteiger partial charge in [-0.25, -0.2) is 9.78 Å². The number of carboxylic acids is 1. The molecule has 1 aromatic carbocycles. The number of carbonyl (C=O) groups is 1. The number of rotatable bonds is 3. The Labute approximate surface area is 148 Å². The van der Waals surface area contributed by atoms with E-state index in [1.807, 2.05) is 0 Å². The lowest BCUT2D eigenvalue weighted by Gasteiger charge is -2.04. The molecule has 0 aliphatic carbocycles. The van der Waals surface area contributed by atoms with Gasteiger partial charge in [-0.2, -0.15) is 18.2 Å². The molecule has 2 aromatic heterocycles. The largest absolute Gasteiger partial charge is 0.490 e. The van der Waals surface area contributed by atoms with Crippen LogP contribution < -0.4 is 16.8 Å². The van der Waals surface area contributed by atoms with Gasteiger partial charge < -0.3 is 26.3 Å². The number of benzene rings is 1. The number of nitrogens with two attached hydrogens (primary N) is 2. The van der Waals surface area contributed by atoms with Crippen molar-refractivity contribution in [2.75, 3.05) is 24.1 Å². The lowest BCUT2D eigenvalue weighted by Crippen LogP contribution is -2.21. The first kappa shape index (κ1) is 19.5. The third-order valence-corrected chi connectivity index (χ3v) is 3.21. The summed E-state index contributed by atoms with van der Waals surface area (Å²) in [7, 11) is 0. The number of hydrogen-bond donors (Lipinski definition) is 4. The zero-order chi connectivity index (χ0) is 19.5. The molecule has 140 valence electrons. The van der Waals surface area contributed by atoms with E-state index in [1.165, 1.54) is 0 Å². The van der Waals surface area contributed by atoms with Crippen LogP contribution >= 0.6 is 11.6 Å². The van der Waals surface area contributed by atoms with E-state index >= 15 is 0 Å². The number of nitrogens with one attached hydrogen (secondary N) is 1. The molecule has 0 unspecified atom stereocenters.